The number of aromatic nitrogens is 2. The van der Waals surface area contributed by atoms with Crippen LogP contribution in [0.4, 0.5) is 10.1 Å². The first-order valence-corrected chi connectivity index (χ1v) is 6.08. The average Bonchev–Trinajstić information content (AvgIpc) is 2.65. The lowest BCUT2D eigenvalue weighted by molar-refractivity contribution is 0.616. The first-order chi connectivity index (χ1) is 9.08. The monoisotopic (exact) mass is 255 g/mol. The Balaban J connectivity index is 2.40. The third-order valence-electron chi connectivity index (χ3n) is 3.26. The predicted molar refractivity (Wildman–Crippen MR) is 74.9 cm³/mol. The van der Waals surface area contributed by atoms with E-state index in [1.165, 1.54) is 6.07 Å². The summed E-state index contributed by atoms with van der Waals surface area (Å²) in [6.07, 6.45) is 0. The second kappa shape index (κ2) is 4.09. The topological polar surface area (TPSA) is 43.8 Å². The molecule has 2 aromatic carbocycles. The van der Waals surface area contributed by atoms with Crippen molar-refractivity contribution in [3.05, 3.63) is 53.6 Å². The Labute approximate surface area is 110 Å². The van der Waals surface area contributed by atoms with Crippen molar-refractivity contribution >= 4 is 16.7 Å². The summed E-state index contributed by atoms with van der Waals surface area (Å²) in [5.74, 6) is 0.494. The van der Waals surface area contributed by atoms with Gasteiger partial charge in [0.1, 0.15) is 11.6 Å². The van der Waals surface area contributed by atoms with Crippen LogP contribution in [0.2, 0.25) is 0 Å². The smallest absolute Gasteiger partial charge is 0.147 e. The van der Waals surface area contributed by atoms with Crippen molar-refractivity contribution in [2.75, 3.05) is 5.73 Å². The number of nitrogens with zero attached hydrogens (tertiary/aromatic N) is 2. The molecule has 1 aromatic heterocycles. The third kappa shape index (κ3) is 1.76. The normalized spacial score (nSPS) is 11.1. The van der Waals surface area contributed by atoms with Crippen molar-refractivity contribution in [1.82, 2.24) is 9.55 Å². The van der Waals surface area contributed by atoms with Crippen LogP contribution in [0, 0.1) is 19.7 Å². The van der Waals surface area contributed by atoms with E-state index < -0.39 is 0 Å². The first kappa shape index (κ1) is 11.7. The van der Waals surface area contributed by atoms with E-state index in [0.717, 1.165) is 22.4 Å². The number of rotatable bonds is 1. The van der Waals surface area contributed by atoms with Gasteiger partial charge in [-0.1, -0.05) is 12.1 Å². The Morgan fingerprint density at radius 3 is 2.68 bits per heavy atom. The van der Waals surface area contributed by atoms with Crippen molar-refractivity contribution in [2.24, 2.45) is 0 Å². The molecule has 0 saturated carbocycles. The SMILES string of the molecule is Cc1cccc(F)c1-n1c(C)nc2cc(N)ccc21. The van der Waals surface area contributed by atoms with Gasteiger partial charge in [0, 0.05) is 5.69 Å². The number of benzene rings is 2. The summed E-state index contributed by atoms with van der Waals surface area (Å²) < 4.78 is 16.0. The number of hydrogen-bond acceptors (Lipinski definition) is 2. The molecule has 3 nitrogen and oxygen atoms in total. The Morgan fingerprint density at radius 1 is 1.16 bits per heavy atom. The van der Waals surface area contributed by atoms with Gasteiger partial charge in [0.25, 0.3) is 0 Å². The number of nitrogens with two attached hydrogens (primary N) is 1. The molecule has 0 fully saturated rings. The van der Waals surface area contributed by atoms with Gasteiger partial charge in [-0.05, 0) is 43.7 Å². The fourth-order valence-electron chi connectivity index (χ4n) is 2.41. The second-order valence-electron chi connectivity index (χ2n) is 4.65. The molecule has 0 bridgehead atoms. The fourth-order valence-corrected chi connectivity index (χ4v) is 2.41. The van der Waals surface area contributed by atoms with Gasteiger partial charge < -0.3 is 5.73 Å². The number of nitrogen functional groups attached to an aromatic ring is 1. The highest BCUT2D eigenvalue weighted by Gasteiger charge is 2.14. The Morgan fingerprint density at radius 2 is 1.95 bits per heavy atom. The van der Waals surface area contributed by atoms with E-state index in [1.807, 2.05) is 30.5 Å². The number of anilines is 1. The first-order valence-electron chi connectivity index (χ1n) is 6.08. The van der Waals surface area contributed by atoms with E-state index in [4.69, 9.17) is 5.73 Å². The van der Waals surface area contributed by atoms with Gasteiger partial charge in [-0.3, -0.25) is 4.57 Å². The van der Waals surface area contributed by atoms with Gasteiger partial charge in [0.2, 0.25) is 0 Å². The van der Waals surface area contributed by atoms with Crippen LogP contribution in [-0.4, -0.2) is 9.55 Å². The van der Waals surface area contributed by atoms with Crippen molar-refractivity contribution < 1.29 is 4.39 Å². The number of halogens is 1. The van der Waals surface area contributed by atoms with Gasteiger partial charge in [-0.25, -0.2) is 9.37 Å². The van der Waals surface area contributed by atoms with Crippen LogP contribution in [0.1, 0.15) is 11.4 Å². The quantitative estimate of drug-likeness (QED) is 0.677. The molecule has 0 aliphatic rings. The number of hydrogen-bond donors (Lipinski definition) is 1. The molecule has 0 saturated heterocycles. The van der Waals surface area contributed by atoms with E-state index in [2.05, 4.69) is 4.98 Å². The molecule has 96 valence electrons. The molecule has 4 heteroatoms. The molecule has 3 aromatic rings. The molecule has 19 heavy (non-hydrogen) atoms. The van der Waals surface area contributed by atoms with Gasteiger partial charge in [-0.2, -0.15) is 0 Å². The van der Waals surface area contributed by atoms with Gasteiger partial charge in [0.15, 0.2) is 0 Å². The van der Waals surface area contributed by atoms with Gasteiger partial charge in [0.05, 0.1) is 16.7 Å². The molecule has 0 radical (unpaired) electrons. The number of aryl methyl sites for hydroxylation is 2. The van der Waals surface area contributed by atoms with E-state index >= 15 is 0 Å². The molecular formula is C15H14FN3. The maximum atomic E-state index is 14.1. The van der Waals surface area contributed by atoms with Crippen molar-refractivity contribution in [1.29, 1.82) is 0 Å². The highest BCUT2D eigenvalue weighted by Crippen LogP contribution is 2.26. The van der Waals surface area contributed by atoms with Crippen LogP contribution >= 0.6 is 0 Å². The Kier molecular flexibility index (Phi) is 2.52. The van der Waals surface area contributed by atoms with Crippen molar-refractivity contribution in [2.45, 2.75) is 13.8 Å². The largest absolute Gasteiger partial charge is 0.399 e. The summed E-state index contributed by atoms with van der Waals surface area (Å²) in [4.78, 5) is 4.45. The summed E-state index contributed by atoms with van der Waals surface area (Å²) in [6.45, 7) is 3.75. The zero-order valence-electron chi connectivity index (χ0n) is 10.8. The van der Waals surface area contributed by atoms with Crippen LogP contribution in [0.5, 0.6) is 0 Å². The van der Waals surface area contributed by atoms with E-state index in [0.29, 0.717) is 11.4 Å². The van der Waals surface area contributed by atoms with Crippen LogP contribution < -0.4 is 5.73 Å². The average molecular weight is 255 g/mol. The van der Waals surface area contributed by atoms with Crippen molar-refractivity contribution in [3.63, 3.8) is 0 Å². The van der Waals surface area contributed by atoms with Crippen LogP contribution in [0.15, 0.2) is 36.4 Å². The molecule has 0 atom stereocenters. The molecule has 1 heterocycles. The second-order valence-corrected chi connectivity index (χ2v) is 4.65. The fraction of sp³-hybridized carbons (Fsp3) is 0.133. The molecule has 0 aliphatic carbocycles. The lowest BCUT2D eigenvalue weighted by atomic mass is 10.2. The standard InChI is InChI=1S/C15H14FN3/c1-9-4-3-5-12(16)15(9)19-10(2)18-13-8-11(17)6-7-14(13)19/h3-8H,17H2,1-2H3. The van der Waals surface area contributed by atoms with Crippen molar-refractivity contribution in [3.8, 4) is 5.69 Å². The summed E-state index contributed by atoms with van der Waals surface area (Å²) in [5, 5.41) is 0. The molecule has 3 rings (SSSR count). The lowest BCUT2D eigenvalue weighted by Gasteiger charge is -2.11. The van der Waals surface area contributed by atoms with Crippen LogP contribution in [0.3, 0.4) is 0 Å². The molecule has 0 amide bonds. The molecule has 2 N–H and O–H groups in total. The number of imidazole rings is 1. The molecular weight excluding hydrogens is 241 g/mol. The minimum absolute atomic E-state index is 0.251. The van der Waals surface area contributed by atoms with Crippen LogP contribution in [-0.2, 0) is 0 Å². The summed E-state index contributed by atoms with van der Waals surface area (Å²) in [6, 6.07) is 10.5. The number of para-hydroxylation sites is 1. The van der Waals surface area contributed by atoms with Gasteiger partial charge in [-0.15, -0.1) is 0 Å². The maximum absolute atomic E-state index is 14.1. The number of fused-ring (bicyclic) bond motifs is 1. The molecule has 0 aliphatic heterocycles. The predicted octanol–water partition coefficient (Wildman–Crippen LogP) is 3.36. The van der Waals surface area contributed by atoms with E-state index in [1.54, 1.807) is 18.2 Å². The minimum Gasteiger partial charge on any atom is -0.399 e. The van der Waals surface area contributed by atoms with Crippen LogP contribution in [0.25, 0.3) is 16.7 Å². The van der Waals surface area contributed by atoms with E-state index in [-0.39, 0.29) is 5.82 Å². The van der Waals surface area contributed by atoms with E-state index in [9.17, 15) is 4.39 Å². The third-order valence-corrected chi connectivity index (χ3v) is 3.26. The molecule has 0 spiro atoms. The zero-order valence-corrected chi connectivity index (χ0v) is 10.8. The highest BCUT2D eigenvalue weighted by atomic mass is 19.1. The lowest BCUT2D eigenvalue weighted by Crippen LogP contribution is -2.02. The zero-order chi connectivity index (χ0) is 13.6. The van der Waals surface area contributed by atoms with Gasteiger partial charge >= 0.3 is 0 Å². The minimum atomic E-state index is -0.251. The Bertz CT molecular complexity index is 754. The highest BCUT2D eigenvalue weighted by molar-refractivity contribution is 5.81. The summed E-state index contributed by atoms with van der Waals surface area (Å²) in [7, 11) is 0. The maximum Gasteiger partial charge on any atom is 0.147 e. The Hall–Kier alpha value is -2.36. The molecule has 0 unspecified atom stereocenters. The summed E-state index contributed by atoms with van der Waals surface area (Å²) in [5.41, 5.74) is 9.47. The summed E-state index contributed by atoms with van der Waals surface area (Å²) >= 11 is 0.